The van der Waals surface area contributed by atoms with Crippen LogP contribution in [0.3, 0.4) is 0 Å². The maximum absolute atomic E-state index is 12.8. The second-order valence-corrected chi connectivity index (χ2v) is 7.89. The van der Waals surface area contributed by atoms with Crippen molar-refractivity contribution in [2.75, 3.05) is 4.72 Å². The smallest absolute Gasteiger partial charge is 0.255 e. The molecule has 1 aromatic carbocycles. The number of benzene rings is 1. The summed E-state index contributed by atoms with van der Waals surface area (Å²) in [6, 6.07) is 0.145. The number of halogens is 6. The van der Waals surface area contributed by atoms with Crippen molar-refractivity contribution >= 4 is 26.5 Å². The van der Waals surface area contributed by atoms with E-state index in [0.29, 0.717) is 10.6 Å². The molecule has 2 rings (SSSR count). The highest BCUT2D eigenvalue weighted by atomic mass is 32.2. The van der Waals surface area contributed by atoms with Gasteiger partial charge in [-0.2, -0.15) is 26.3 Å². The summed E-state index contributed by atoms with van der Waals surface area (Å²) in [7, 11) is -4.68. The molecule has 0 atom stereocenters. The van der Waals surface area contributed by atoms with Crippen molar-refractivity contribution in [2.45, 2.75) is 31.1 Å². The van der Waals surface area contributed by atoms with Crippen LogP contribution in [-0.2, 0) is 22.4 Å². The van der Waals surface area contributed by atoms with Crippen LogP contribution in [-0.4, -0.2) is 13.4 Å². The van der Waals surface area contributed by atoms with Gasteiger partial charge in [0.15, 0.2) is 5.13 Å². The van der Waals surface area contributed by atoms with Crippen molar-refractivity contribution < 1.29 is 34.8 Å². The fourth-order valence-corrected chi connectivity index (χ4v) is 3.89. The van der Waals surface area contributed by atoms with Crippen LogP contribution in [0.5, 0.6) is 0 Å². The lowest BCUT2D eigenvalue weighted by molar-refractivity contribution is -0.143. The van der Waals surface area contributed by atoms with Gasteiger partial charge in [-0.3, -0.25) is 4.72 Å². The second kappa shape index (κ2) is 6.16. The summed E-state index contributed by atoms with van der Waals surface area (Å²) in [6.07, 6.45) is -10.3. The number of nitrogens with one attached hydrogen (secondary N) is 1. The van der Waals surface area contributed by atoms with Gasteiger partial charge in [0, 0.05) is 4.88 Å². The van der Waals surface area contributed by atoms with E-state index in [-0.39, 0.29) is 23.3 Å². The molecule has 0 saturated carbocycles. The topological polar surface area (TPSA) is 59.1 Å². The Morgan fingerprint density at radius 3 is 1.80 bits per heavy atom. The average Bonchev–Trinajstić information content (AvgIpc) is 2.74. The number of thiazole rings is 1. The van der Waals surface area contributed by atoms with Crippen molar-refractivity contribution in [3.63, 3.8) is 0 Å². The van der Waals surface area contributed by atoms with E-state index in [2.05, 4.69) is 4.98 Å². The molecule has 0 amide bonds. The molecule has 12 heteroatoms. The summed E-state index contributed by atoms with van der Waals surface area (Å²) < 4.78 is 103. The molecule has 0 spiro atoms. The van der Waals surface area contributed by atoms with Gasteiger partial charge in [0.2, 0.25) is 0 Å². The monoisotopic (exact) mass is 404 g/mol. The fourth-order valence-electron chi connectivity index (χ4n) is 1.77. The van der Waals surface area contributed by atoms with Gasteiger partial charge >= 0.3 is 12.4 Å². The quantitative estimate of drug-likeness (QED) is 0.761. The Bertz CT molecular complexity index is 848. The minimum atomic E-state index is -5.14. The van der Waals surface area contributed by atoms with Crippen LogP contribution < -0.4 is 4.72 Å². The molecule has 0 aliphatic rings. The Kier molecular flexibility index (Phi) is 4.81. The van der Waals surface area contributed by atoms with E-state index in [1.165, 1.54) is 0 Å². The van der Waals surface area contributed by atoms with Crippen LogP contribution in [0.2, 0.25) is 0 Å². The van der Waals surface area contributed by atoms with Gasteiger partial charge in [-0.25, -0.2) is 13.4 Å². The summed E-state index contributed by atoms with van der Waals surface area (Å²) in [5.41, 5.74) is -2.94. The van der Waals surface area contributed by atoms with E-state index in [4.69, 9.17) is 0 Å². The normalized spacial score (nSPS) is 13.1. The standard InChI is InChI=1S/C13H10F6N2O2S2/c1-6-7(2)24-11(20-6)21-25(22,23)10-4-8(12(14,15)16)3-9(5-10)13(17,18)19/h3-5H,1-2H3,(H,20,21). The van der Waals surface area contributed by atoms with Gasteiger partial charge in [-0.1, -0.05) is 0 Å². The number of sulfonamides is 1. The van der Waals surface area contributed by atoms with E-state index < -0.39 is 38.4 Å². The Morgan fingerprint density at radius 1 is 0.960 bits per heavy atom. The van der Waals surface area contributed by atoms with Crippen LogP contribution in [0.15, 0.2) is 23.1 Å². The molecule has 0 aliphatic heterocycles. The van der Waals surface area contributed by atoms with Crippen LogP contribution in [0.25, 0.3) is 0 Å². The lowest BCUT2D eigenvalue weighted by atomic mass is 10.1. The number of hydrogen-bond donors (Lipinski definition) is 1. The molecule has 0 saturated heterocycles. The highest BCUT2D eigenvalue weighted by Crippen LogP contribution is 2.37. The molecule has 0 bridgehead atoms. The first-order valence-corrected chi connectivity index (χ1v) is 8.76. The number of rotatable bonds is 3. The zero-order valence-corrected chi connectivity index (χ0v) is 14.2. The molecule has 0 aliphatic carbocycles. The third kappa shape index (κ3) is 4.42. The number of anilines is 1. The molecule has 0 unspecified atom stereocenters. The minimum Gasteiger partial charge on any atom is -0.255 e. The maximum Gasteiger partial charge on any atom is 0.416 e. The minimum absolute atomic E-state index is 0.142. The van der Waals surface area contributed by atoms with Crippen molar-refractivity contribution in [3.05, 3.63) is 39.9 Å². The van der Waals surface area contributed by atoms with Crippen LogP contribution in [0, 0.1) is 13.8 Å². The molecule has 4 nitrogen and oxygen atoms in total. The molecule has 2 aromatic rings. The molecular weight excluding hydrogens is 394 g/mol. The van der Waals surface area contributed by atoms with Gasteiger partial charge in [0.25, 0.3) is 10.0 Å². The molecule has 0 radical (unpaired) electrons. The number of alkyl halides is 6. The van der Waals surface area contributed by atoms with Gasteiger partial charge < -0.3 is 0 Å². The van der Waals surface area contributed by atoms with Gasteiger partial charge in [-0.15, -0.1) is 11.3 Å². The van der Waals surface area contributed by atoms with Crippen molar-refractivity contribution in [1.29, 1.82) is 0 Å². The van der Waals surface area contributed by atoms with Crippen molar-refractivity contribution in [2.24, 2.45) is 0 Å². The summed E-state index contributed by atoms with van der Waals surface area (Å²) in [5, 5.41) is -0.152. The molecule has 1 heterocycles. The lowest BCUT2D eigenvalue weighted by Crippen LogP contribution is -2.17. The first-order valence-electron chi connectivity index (χ1n) is 6.46. The predicted molar refractivity (Wildman–Crippen MR) is 78.8 cm³/mol. The maximum atomic E-state index is 12.8. The first kappa shape index (κ1) is 19.5. The van der Waals surface area contributed by atoms with Crippen molar-refractivity contribution in [3.8, 4) is 0 Å². The molecule has 0 fully saturated rings. The van der Waals surface area contributed by atoms with E-state index >= 15 is 0 Å². The average molecular weight is 404 g/mol. The Labute approximate surface area is 142 Å². The Morgan fingerprint density at radius 2 is 1.44 bits per heavy atom. The summed E-state index contributed by atoms with van der Waals surface area (Å²) >= 11 is 0.910. The largest absolute Gasteiger partial charge is 0.416 e. The third-order valence-corrected chi connectivity index (χ3v) is 5.56. The number of aryl methyl sites for hydroxylation is 2. The number of nitrogens with zero attached hydrogens (tertiary/aromatic N) is 1. The van der Waals surface area contributed by atoms with Gasteiger partial charge in [0.05, 0.1) is 21.7 Å². The molecule has 25 heavy (non-hydrogen) atoms. The van der Waals surface area contributed by atoms with Crippen LogP contribution in [0.1, 0.15) is 21.7 Å². The summed E-state index contributed by atoms with van der Waals surface area (Å²) in [4.78, 5) is 3.35. The summed E-state index contributed by atoms with van der Waals surface area (Å²) in [5.74, 6) is 0. The Hall–Kier alpha value is -1.82. The van der Waals surface area contributed by atoms with E-state index in [9.17, 15) is 34.8 Å². The summed E-state index contributed by atoms with van der Waals surface area (Å²) in [6.45, 7) is 3.21. The van der Waals surface area contributed by atoms with E-state index in [1.807, 2.05) is 4.72 Å². The lowest BCUT2D eigenvalue weighted by Gasteiger charge is -2.14. The fraction of sp³-hybridized carbons (Fsp3) is 0.308. The molecule has 1 N–H and O–H groups in total. The van der Waals surface area contributed by atoms with E-state index in [0.717, 1.165) is 11.3 Å². The van der Waals surface area contributed by atoms with Crippen LogP contribution in [0.4, 0.5) is 31.5 Å². The first-order chi connectivity index (χ1) is 11.2. The van der Waals surface area contributed by atoms with Gasteiger partial charge in [0.1, 0.15) is 0 Å². The number of aromatic nitrogens is 1. The molecular formula is C13H10F6N2O2S2. The van der Waals surface area contributed by atoms with Crippen molar-refractivity contribution in [1.82, 2.24) is 4.98 Å². The van der Waals surface area contributed by atoms with Gasteiger partial charge in [-0.05, 0) is 32.0 Å². The molecule has 1 aromatic heterocycles. The highest BCUT2D eigenvalue weighted by Gasteiger charge is 2.38. The second-order valence-electron chi connectivity index (χ2n) is 5.01. The third-order valence-electron chi connectivity index (χ3n) is 3.12. The number of hydrogen-bond acceptors (Lipinski definition) is 4. The van der Waals surface area contributed by atoms with E-state index in [1.54, 1.807) is 13.8 Å². The SMILES string of the molecule is Cc1nc(NS(=O)(=O)c2cc(C(F)(F)F)cc(C(F)(F)F)c2)sc1C. The predicted octanol–water partition coefficient (Wildman–Crippen LogP) is 4.60. The Balaban J connectivity index is 2.55. The zero-order chi connectivity index (χ0) is 19.2. The highest BCUT2D eigenvalue weighted by molar-refractivity contribution is 7.93. The van der Waals surface area contributed by atoms with Crippen LogP contribution >= 0.6 is 11.3 Å². The zero-order valence-electron chi connectivity index (χ0n) is 12.6. The molecule has 138 valence electrons.